The van der Waals surface area contributed by atoms with Gasteiger partial charge < -0.3 is 9.84 Å². The minimum Gasteiger partial charge on any atom is -0.486 e. The van der Waals surface area contributed by atoms with Crippen molar-refractivity contribution in [3.05, 3.63) is 45.4 Å². The number of nitrogens with zero attached hydrogens (tertiary/aromatic N) is 1. The zero-order valence-electron chi connectivity index (χ0n) is 10.8. The third-order valence-corrected chi connectivity index (χ3v) is 3.58. The molecule has 96 valence electrons. The first-order valence-electron chi connectivity index (χ1n) is 5.88. The number of hydrogen-bond acceptors (Lipinski definition) is 4. The second-order valence-corrected chi connectivity index (χ2v) is 5.33. The van der Waals surface area contributed by atoms with Crippen LogP contribution in [0.4, 0.5) is 0 Å². The Morgan fingerprint density at radius 3 is 2.78 bits per heavy atom. The maximum Gasteiger partial charge on any atom is 0.140 e. The second-order valence-electron chi connectivity index (χ2n) is 4.39. The molecule has 1 aromatic carbocycles. The van der Waals surface area contributed by atoms with Gasteiger partial charge in [-0.05, 0) is 32.4 Å². The summed E-state index contributed by atoms with van der Waals surface area (Å²) in [5, 5.41) is 12.7. The molecule has 0 saturated carbocycles. The summed E-state index contributed by atoms with van der Waals surface area (Å²) in [6.07, 6.45) is -0.529. The molecule has 0 unspecified atom stereocenters. The molecule has 0 saturated heterocycles. The molecule has 0 aliphatic heterocycles. The van der Waals surface area contributed by atoms with Crippen LogP contribution >= 0.6 is 11.3 Å². The van der Waals surface area contributed by atoms with E-state index in [1.807, 2.05) is 37.4 Å². The summed E-state index contributed by atoms with van der Waals surface area (Å²) < 4.78 is 5.77. The van der Waals surface area contributed by atoms with Gasteiger partial charge >= 0.3 is 0 Å². The Balaban J connectivity index is 2.15. The van der Waals surface area contributed by atoms with Crippen LogP contribution in [0, 0.1) is 13.8 Å². The highest BCUT2D eigenvalue weighted by molar-refractivity contribution is 7.09. The third-order valence-electron chi connectivity index (χ3n) is 2.64. The third kappa shape index (κ3) is 3.09. The molecule has 0 fully saturated rings. The number of rotatable bonds is 4. The van der Waals surface area contributed by atoms with Gasteiger partial charge in [-0.1, -0.05) is 12.1 Å². The number of ether oxygens (including phenoxy) is 1. The molecule has 0 amide bonds. The maximum atomic E-state index is 9.70. The zero-order valence-corrected chi connectivity index (χ0v) is 11.6. The summed E-state index contributed by atoms with van der Waals surface area (Å²) in [5.74, 6) is 0.734. The van der Waals surface area contributed by atoms with Crippen molar-refractivity contribution in [1.29, 1.82) is 0 Å². The molecule has 0 aliphatic carbocycles. The number of hydrogen-bond donors (Lipinski definition) is 1. The van der Waals surface area contributed by atoms with Gasteiger partial charge in [-0.25, -0.2) is 4.98 Å². The average Bonchev–Trinajstić information content (AvgIpc) is 2.72. The molecule has 0 aliphatic rings. The lowest BCUT2D eigenvalue weighted by molar-refractivity contribution is 0.190. The largest absolute Gasteiger partial charge is 0.486 e. The predicted octanol–water partition coefficient (Wildman–Crippen LogP) is 3.39. The van der Waals surface area contributed by atoms with E-state index >= 15 is 0 Å². The minimum absolute atomic E-state index is 0.446. The molecular weight excluding hydrogens is 246 g/mol. The normalized spacial score (nSPS) is 12.4. The van der Waals surface area contributed by atoms with Crippen molar-refractivity contribution < 1.29 is 9.84 Å². The SMILES string of the molecule is Cc1ccc([C@H](C)O)c(OCc2nc(C)cs2)c1. The van der Waals surface area contributed by atoms with Crippen molar-refractivity contribution in [2.45, 2.75) is 33.5 Å². The Hall–Kier alpha value is -1.39. The molecule has 1 aromatic heterocycles. The van der Waals surface area contributed by atoms with Gasteiger partial charge in [0.2, 0.25) is 0 Å². The van der Waals surface area contributed by atoms with Gasteiger partial charge in [0, 0.05) is 16.6 Å². The van der Waals surface area contributed by atoms with E-state index in [4.69, 9.17) is 4.74 Å². The van der Waals surface area contributed by atoms with Crippen LogP contribution in [0.15, 0.2) is 23.6 Å². The van der Waals surface area contributed by atoms with Crippen molar-refractivity contribution >= 4 is 11.3 Å². The fourth-order valence-corrected chi connectivity index (χ4v) is 2.40. The molecule has 0 spiro atoms. The molecule has 4 heteroatoms. The Morgan fingerprint density at radius 1 is 1.39 bits per heavy atom. The molecule has 0 bridgehead atoms. The van der Waals surface area contributed by atoms with E-state index < -0.39 is 6.10 Å². The summed E-state index contributed by atoms with van der Waals surface area (Å²) in [6, 6.07) is 5.83. The second kappa shape index (κ2) is 5.50. The van der Waals surface area contributed by atoms with Gasteiger partial charge in [0.25, 0.3) is 0 Å². The Labute approximate surface area is 111 Å². The van der Waals surface area contributed by atoms with Crippen LogP contribution in [-0.4, -0.2) is 10.1 Å². The fourth-order valence-electron chi connectivity index (χ4n) is 1.72. The summed E-state index contributed by atoms with van der Waals surface area (Å²) in [7, 11) is 0. The fraction of sp³-hybridized carbons (Fsp3) is 0.357. The van der Waals surface area contributed by atoms with Crippen molar-refractivity contribution in [2.75, 3.05) is 0 Å². The highest BCUT2D eigenvalue weighted by Crippen LogP contribution is 2.27. The molecule has 1 heterocycles. The van der Waals surface area contributed by atoms with Gasteiger partial charge in [0.05, 0.1) is 6.10 Å². The lowest BCUT2D eigenvalue weighted by atomic mass is 10.1. The molecular formula is C14H17NO2S. The minimum atomic E-state index is -0.529. The molecule has 2 rings (SSSR count). The van der Waals surface area contributed by atoms with Crippen molar-refractivity contribution in [3.63, 3.8) is 0 Å². The summed E-state index contributed by atoms with van der Waals surface area (Å²) in [5.41, 5.74) is 2.94. The molecule has 18 heavy (non-hydrogen) atoms. The quantitative estimate of drug-likeness (QED) is 0.919. The Bertz CT molecular complexity index is 534. The average molecular weight is 263 g/mol. The van der Waals surface area contributed by atoms with Crippen LogP contribution in [0.25, 0.3) is 0 Å². The summed E-state index contributed by atoms with van der Waals surface area (Å²) in [4.78, 5) is 4.35. The van der Waals surface area contributed by atoms with Crippen LogP contribution in [0.1, 0.15) is 34.9 Å². The number of benzene rings is 1. The van der Waals surface area contributed by atoms with E-state index in [0.717, 1.165) is 27.6 Å². The zero-order chi connectivity index (χ0) is 13.1. The van der Waals surface area contributed by atoms with Crippen molar-refractivity contribution in [3.8, 4) is 5.75 Å². The highest BCUT2D eigenvalue weighted by atomic mass is 32.1. The number of aliphatic hydroxyl groups is 1. The first kappa shape index (κ1) is 13.1. The summed E-state index contributed by atoms with van der Waals surface area (Å²) in [6.45, 7) is 6.16. The Kier molecular flexibility index (Phi) is 3.99. The monoisotopic (exact) mass is 263 g/mol. The van der Waals surface area contributed by atoms with E-state index in [1.54, 1.807) is 18.3 Å². The smallest absolute Gasteiger partial charge is 0.140 e. The van der Waals surface area contributed by atoms with E-state index in [2.05, 4.69) is 4.98 Å². The van der Waals surface area contributed by atoms with Gasteiger partial charge in [-0.15, -0.1) is 11.3 Å². The first-order chi connectivity index (χ1) is 8.56. The van der Waals surface area contributed by atoms with Gasteiger partial charge in [0.15, 0.2) is 0 Å². The standard InChI is InChI=1S/C14H17NO2S/c1-9-4-5-12(11(3)16)13(6-9)17-7-14-15-10(2)8-18-14/h4-6,8,11,16H,7H2,1-3H3/t11-/m0/s1. The van der Waals surface area contributed by atoms with E-state index in [-0.39, 0.29) is 0 Å². The predicted molar refractivity (Wildman–Crippen MR) is 73.0 cm³/mol. The number of aromatic nitrogens is 1. The van der Waals surface area contributed by atoms with E-state index in [1.165, 1.54) is 0 Å². The number of aryl methyl sites for hydroxylation is 2. The van der Waals surface area contributed by atoms with Crippen LogP contribution < -0.4 is 4.74 Å². The van der Waals surface area contributed by atoms with Gasteiger partial charge in [0.1, 0.15) is 17.4 Å². The summed E-state index contributed by atoms with van der Waals surface area (Å²) >= 11 is 1.59. The van der Waals surface area contributed by atoms with Crippen LogP contribution in [0.2, 0.25) is 0 Å². The lowest BCUT2D eigenvalue weighted by Gasteiger charge is -2.13. The lowest BCUT2D eigenvalue weighted by Crippen LogP contribution is -2.01. The van der Waals surface area contributed by atoms with Gasteiger partial charge in [-0.2, -0.15) is 0 Å². The maximum absolute atomic E-state index is 9.70. The molecule has 2 aromatic rings. The van der Waals surface area contributed by atoms with E-state index in [0.29, 0.717) is 6.61 Å². The molecule has 3 nitrogen and oxygen atoms in total. The first-order valence-corrected chi connectivity index (χ1v) is 6.76. The van der Waals surface area contributed by atoms with Crippen LogP contribution in [-0.2, 0) is 6.61 Å². The number of aliphatic hydroxyl groups excluding tert-OH is 1. The highest BCUT2D eigenvalue weighted by Gasteiger charge is 2.10. The topological polar surface area (TPSA) is 42.4 Å². The van der Waals surface area contributed by atoms with Crippen LogP contribution in [0.5, 0.6) is 5.75 Å². The van der Waals surface area contributed by atoms with E-state index in [9.17, 15) is 5.11 Å². The number of thiazole rings is 1. The molecule has 1 atom stereocenters. The Morgan fingerprint density at radius 2 is 2.17 bits per heavy atom. The van der Waals surface area contributed by atoms with Gasteiger partial charge in [-0.3, -0.25) is 0 Å². The molecule has 0 radical (unpaired) electrons. The van der Waals surface area contributed by atoms with Crippen molar-refractivity contribution in [2.24, 2.45) is 0 Å². The van der Waals surface area contributed by atoms with Crippen LogP contribution in [0.3, 0.4) is 0 Å². The van der Waals surface area contributed by atoms with Crippen molar-refractivity contribution in [1.82, 2.24) is 4.98 Å². The molecule has 1 N–H and O–H groups in total.